The summed E-state index contributed by atoms with van der Waals surface area (Å²) in [5, 5.41) is 10.4. The molecule has 0 atom stereocenters. The van der Waals surface area contributed by atoms with Crippen LogP contribution in [0.15, 0.2) is 11.0 Å². The molecule has 7 heteroatoms. The maximum absolute atomic E-state index is 12.5. The van der Waals surface area contributed by atoms with Crippen LogP contribution >= 0.6 is 23.1 Å². The highest BCUT2D eigenvalue weighted by Crippen LogP contribution is 2.39. The second-order valence-corrected chi connectivity index (χ2v) is 9.21. The summed E-state index contributed by atoms with van der Waals surface area (Å²) in [5.41, 5.74) is 4.77. The van der Waals surface area contributed by atoms with Crippen LogP contribution in [0, 0.1) is 37.5 Å². The van der Waals surface area contributed by atoms with Gasteiger partial charge in [-0.1, -0.05) is 5.92 Å². The van der Waals surface area contributed by atoms with Gasteiger partial charge in [0.2, 0.25) is 0 Å². The van der Waals surface area contributed by atoms with E-state index in [1.807, 2.05) is 19.9 Å². The Kier molecular flexibility index (Phi) is 5.12. The van der Waals surface area contributed by atoms with Gasteiger partial charge in [0.25, 0.3) is 11.1 Å². The molecule has 1 aliphatic heterocycles. The molecule has 0 unspecified atom stereocenters. The molecular weight excluding hydrogens is 402 g/mol. The zero-order chi connectivity index (χ0) is 20.7. The maximum atomic E-state index is 12.5. The third-order valence-electron chi connectivity index (χ3n) is 5.35. The van der Waals surface area contributed by atoms with Crippen LogP contribution in [0.4, 0.5) is 4.79 Å². The van der Waals surface area contributed by atoms with Crippen molar-refractivity contribution in [3.63, 3.8) is 0 Å². The fourth-order valence-corrected chi connectivity index (χ4v) is 6.22. The minimum atomic E-state index is -0.355. The largest absolute Gasteiger partial charge is 0.308 e. The van der Waals surface area contributed by atoms with Gasteiger partial charge >= 0.3 is 0 Å². The molecule has 2 aliphatic rings. The minimum Gasteiger partial charge on any atom is -0.308 e. The van der Waals surface area contributed by atoms with E-state index < -0.39 is 0 Å². The summed E-state index contributed by atoms with van der Waals surface area (Å²) >= 11 is 2.61. The summed E-state index contributed by atoms with van der Waals surface area (Å²) in [6.45, 7) is 3.95. The van der Waals surface area contributed by atoms with E-state index in [1.54, 1.807) is 17.4 Å². The molecule has 1 fully saturated rings. The van der Waals surface area contributed by atoms with Crippen molar-refractivity contribution < 1.29 is 9.59 Å². The van der Waals surface area contributed by atoms with Crippen molar-refractivity contribution in [3.05, 3.63) is 43.9 Å². The molecule has 1 aliphatic carbocycles. The lowest BCUT2D eigenvalue weighted by atomic mass is 9.96. The molecule has 0 bridgehead atoms. The molecule has 0 aromatic carbocycles. The number of nitriles is 1. The van der Waals surface area contributed by atoms with Crippen LogP contribution < -0.4 is 0 Å². The van der Waals surface area contributed by atoms with Crippen molar-refractivity contribution in [1.82, 2.24) is 9.47 Å². The van der Waals surface area contributed by atoms with E-state index in [4.69, 9.17) is 6.42 Å². The number of hydrogen-bond donors (Lipinski definition) is 0. The lowest BCUT2D eigenvalue weighted by Crippen LogP contribution is -2.28. The summed E-state index contributed by atoms with van der Waals surface area (Å²) in [7, 11) is 0. The van der Waals surface area contributed by atoms with Crippen molar-refractivity contribution in [3.8, 4) is 23.4 Å². The molecule has 2 amide bonds. The van der Waals surface area contributed by atoms with Gasteiger partial charge in [-0.3, -0.25) is 14.5 Å². The van der Waals surface area contributed by atoms with Crippen molar-refractivity contribution in [1.29, 1.82) is 5.26 Å². The number of carbonyl (C=O) groups is 2. The monoisotopic (exact) mass is 421 g/mol. The Bertz CT molecular complexity index is 1150. The van der Waals surface area contributed by atoms with E-state index in [-0.39, 0.29) is 17.7 Å². The first kappa shape index (κ1) is 19.6. The number of aromatic nitrogens is 1. The van der Waals surface area contributed by atoms with Gasteiger partial charge in [0.15, 0.2) is 0 Å². The quantitative estimate of drug-likeness (QED) is 0.538. The summed E-state index contributed by atoms with van der Waals surface area (Å²) in [5.74, 6) is 1.99. The first-order chi connectivity index (χ1) is 14.0. The molecule has 0 spiro atoms. The Morgan fingerprint density at radius 2 is 2.03 bits per heavy atom. The normalized spacial score (nSPS) is 17.5. The first-order valence-electron chi connectivity index (χ1n) is 9.39. The molecule has 0 radical (unpaired) electrons. The second kappa shape index (κ2) is 7.59. The van der Waals surface area contributed by atoms with Gasteiger partial charge in [-0.05, 0) is 74.6 Å². The molecule has 0 N–H and O–H groups in total. The maximum Gasteiger partial charge on any atom is 0.294 e. The predicted molar refractivity (Wildman–Crippen MR) is 116 cm³/mol. The topological polar surface area (TPSA) is 66.1 Å². The van der Waals surface area contributed by atoms with Crippen LogP contribution in [0.1, 0.15) is 45.8 Å². The van der Waals surface area contributed by atoms with E-state index in [0.29, 0.717) is 4.91 Å². The number of thioether (sulfide) groups is 1. The van der Waals surface area contributed by atoms with E-state index in [1.165, 1.54) is 16.9 Å². The number of terminal acetylenes is 1. The highest BCUT2D eigenvalue weighted by molar-refractivity contribution is 8.18. The van der Waals surface area contributed by atoms with Gasteiger partial charge in [0, 0.05) is 16.3 Å². The molecule has 2 aromatic rings. The first-order valence-corrected chi connectivity index (χ1v) is 11.0. The summed E-state index contributed by atoms with van der Waals surface area (Å²) < 4.78 is 2.10. The Labute approximate surface area is 178 Å². The molecule has 0 saturated carbocycles. The molecule has 5 nitrogen and oxygen atoms in total. The van der Waals surface area contributed by atoms with Crippen LogP contribution in [0.25, 0.3) is 11.1 Å². The molecule has 29 heavy (non-hydrogen) atoms. The SMILES string of the molecule is C#CCN1C(=O)SC(=Cc2cc(C)n(-c3sc4c(c3C#N)CCCC4)c2C)C1=O. The number of carbonyl (C=O) groups excluding carboxylic acids is 2. The number of imide groups is 1. The number of fused-ring (bicyclic) bond motifs is 1. The van der Waals surface area contributed by atoms with Crippen LogP contribution in [-0.2, 0) is 17.6 Å². The molecule has 3 heterocycles. The number of nitrogens with zero attached hydrogens (tertiary/aromatic N) is 3. The fourth-order valence-electron chi connectivity index (χ4n) is 3.94. The van der Waals surface area contributed by atoms with Gasteiger partial charge in [-0.15, -0.1) is 17.8 Å². The number of rotatable bonds is 3. The van der Waals surface area contributed by atoms with Crippen molar-refractivity contribution in [2.45, 2.75) is 39.5 Å². The highest BCUT2D eigenvalue weighted by Gasteiger charge is 2.34. The van der Waals surface area contributed by atoms with Crippen molar-refractivity contribution in [2.75, 3.05) is 6.54 Å². The average molecular weight is 422 g/mol. The Balaban J connectivity index is 1.77. The second-order valence-electron chi connectivity index (χ2n) is 7.14. The van der Waals surface area contributed by atoms with Gasteiger partial charge in [-0.25, -0.2) is 0 Å². The molecule has 1 saturated heterocycles. The minimum absolute atomic E-state index is 0.0205. The van der Waals surface area contributed by atoms with Gasteiger partial charge < -0.3 is 4.57 Å². The zero-order valence-corrected chi connectivity index (χ0v) is 17.9. The number of aryl methyl sites for hydroxylation is 2. The van der Waals surface area contributed by atoms with Crippen LogP contribution in [0.2, 0.25) is 0 Å². The molecule has 146 valence electrons. The Morgan fingerprint density at radius 3 is 2.76 bits per heavy atom. The third-order valence-corrected chi connectivity index (χ3v) is 7.53. The van der Waals surface area contributed by atoms with Gasteiger partial charge in [0.1, 0.15) is 11.1 Å². The van der Waals surface area contributed by atoms with Gasteiger partial charge in [0.05, 0.1) is 17.0 Å². The Morgan fingerprint density at radius 1 is 1.28 bits per heavy atom. The number of hydrogen-bond acceptors (Lipinski definition) is 5. The lowest BCUT2D eigenvalue weighted by Gasteiger charge is -2.10. The zero-order valence-electron chi connectivity index (χ0n) is 16.2. The lowest BCUT2D eigenvalue weighted by molar-refractivity contribution is -0.122. The third kappa shape index (κ3) is 3.21. The van der Waals surface area contributed by atoms with E-state index in [0.717, 1.165) is 63.4 Å². The standard InChI is InChI=1S/C22H19N3O2S2/c1-4-9-24-20(26)19(29-22(24)27)11-15-10-13(2)25(14(15)3)21-17(12-23)16-7-5-6-8-18(16)28-21/h1,10-11H,5-9H2,2-3H3. The summed E-state index contributed by atoms with van der Waals surface area (Å²) in [6.07, 6.45) is 11.3. The number of amides is 2. The molecular formula is C22H19N3O2S2. The fraction of sp³-hybridized carbons (Fsp3) is 0.318. The smallest absolute Gasteiger partial charge is 0.294 e. The van der Waals surface area contributed by atoms with E-state index in [9.17, 15) is 14.9 Å². The predicted octanol–water partition coefficient (Wildman–Crippen LogP) is 4.58. The summed E-state index contributed by atoms with van der Waals surface area (Å²) in [4.78, 5) is 27.3. The van der Waals surface area contributed by atoms with Crippen molar-refractivity contribution >= 4 is 40.3 Å². The highest BCUT2D eigenvalue weighted by atomic mass is 32.2. The number of thiophene rings is 1. The van der Waals surface area contributed by atoms with Gasteiger partial charge in [-0.2, -0.15) is 5.26 Å². The van der Waals surface area contributed by atoms with Crippen molar-refractivity contribution in [2.24, 2.45) is 0 Å². The Hall–Kier alpha value is -2.74. The molecule has 4 rings (SSSR count). The average Bonchev–Trinajstić information content (AvgIpc) is 3.29. The van der Waals surface area contributed by atoms with Crippen LogP contribution in [0.5, 0.6) is 0 Å². The molecule has 2 aromatic heterocycles. The van der Waals surface area contributed by atoms with E-state index >= 15 is 0 Å². The van der Waals surface area contributed by atoms with Crippen LogP contribution in [-0.4, -0.2) is 27.2 Å². The summed E-state index contributed by atoms with van der Waals surface area (Å²) in [6, 6.07) is 4.41. The van der Waals surface area contributed by atoms with Crippen LogP contribution in [0.3, 0.4) is 0 Å². The van der Waals surface area contributed by atoms with E-state index in [2.05, 4.69) is 16.6 Å².